The van der Waals surface area contributed by atoms with E-state index in [1.165, 1.54) is 18.4 Å². The van der Waals surface area contributed by atoms with Gasteiger partial charge in [-0.2, -0.15) is 0 Å². The van der Waals surface area contributed by atoms with Gasteiger partial charge in [0.2, 0.25) is 0 Å². The summed E-state index contributed by atoms with van der Waals surface area (Å²) < 4.78 is 5.42. The molecule has 2 N–H and O–H groups in total. The molecule has 4 nitrogen and oxygen atoms in total. The van der Waals surface area contributed by atoms with Crippen LogP contribution in [-0.4, -0.2) is 23.6 Å². The maximum absolute atomic E-state index is 5.42. The largest absolute Gasteiger partial charge is 0.496 e. The number of imidazole rings is 1. The van der Waals surface area contributed by atoms with Crippen LogP contribution >= 0.6 is 0 Å². The molecule has 0 bridgehead atoms. The molecular weight excluding hydrogens is 250 g/mol. The van der Waals surface area contributed by atoms with Crippen LogP contribution in [0.2, 0.25) is 0 Å². The van der Waals surface area contributed by atoms with Gasteiger partial charge in [-0.05, 0) is 44.4 Å². The van der Waals surface area contributed by atoms with E-state index in [-0.39, 0.29) is 0 Å². The predicted molar refractivity (Wildman–Crippen MR) is 79.7 cm³/mol. The predicted octanol–water partition coefficient (Wildman–Crippen LogP) is 2.89. The average molecular weight is 271 g/mol. The summed E-state index contributed by atoms with van der Waals surface area (Å²) in [4.78, 5) is 7.81. The fraction of sp³-hybridized carbons (Fsp3) is 0.438. The van der Waals surface area contributed by atoms with Gasteiger partial charge in [-0.15, -0.1) is 0 Å². The van der Waals surface area contributed by atoms with E-state index < -0.39 is 0 Å². The zero-order valence-corrected chi connectivity index (χ0v) is 12.1. The fourth-order valence-corrected chi connectivity index (χ4v) is 2.34. The third-order valence-corrected chi connectivity index (χ3v) is 3.70. The monoisotopic (exact) mass is 271 g/mol. The lowest BCUT2D eigenvalue weighted by Crippen LogP contribution is -2.16. The van der Waals surface area contributed by atoms with Gasteiger partial charge in [0.05, 0.1) is 25.5 Å². The molecule has 1 saturated carbocycles. The number of aromatic nitrogens is 2. The van der Waals surface area contributed by atoms with Crippen LogP contribution in [0.5, 0.6) is 5.75 Å². The smallest absolute Gasteiger partial charge is 0.128 e. The van der Waals surface area contributed by atoms with Crippen molar-refractivity contribution in [2.75, 3.05) is 13.7 Å². The molecule has 0 aliphatic heterocycles. The van der Waals surface area contributed by atoms with Gasteiger partial charge in [0.1, 0.15) is 11.6 Å². The number of nitrogens with zero attached hydrogens (tertiary/aromatic N) is 1. The lowest BCUT2D eigenvalue weighted by atomic mass is 10.1. The van der Waals surface area contributed by atoms with E-state index in [0.29, 0.717) is 0 Å². The Morgan fingerprint density at radius 3 is 3.00 bits per heavy atom. The van der Waals surface area contributed by atoms with E-state index in [1.807, 2.05) is 12.3 Å². The highest BCUT2D eigenvalue weighted by atomic mass is 16.5. The van der Waals surface area contributed by atoms with Crippen molar-refractivity contribution in [3.63, 3.8) is 0 Å². The molecule has 1 aliphatic rings. The number of aromatic amines is 1. The Labute approximate surface area is 119 Å². The standard InChI is InChI=1S/C16H21N3O/c1-11-3-6-15(20-2)13(7-11)14-9-18-16(19-14)10-17-8-12-4-5-12/h3,6-7,9,12,17H,4-5,8,10H2,1-2H3,(H,18,19). The van der Waals surface area contributed by atoms with Crippen molar-refractivity contribution in [3.8, 4) is 17.0 Å². The zero-order valence-electron chi connectivity index (χ0n) is 12.1. The first-order valence-electron chi connectivity index (χ1n) is 7.16. The molecule has 1 aromatic heterocycles. The zero-order chi connectivity index (χ0) is 13.9. The highest BCUT2D eigenvalue weighted by molar-refractivity contribution is 5.67. The molecule has 1 heterocycles. The Kier molecular flexibility index (Phi) is 3.74. The SMILES string of the molecule is COc1ccc(C)cc1-c1cnc(CNCC2CC2)[nH]1. The van der Waals surface area contributed by atoms with Crippen molar-refractivity contribution < 1.29 is 4.74 Å². The molecule has 20 heavy (non-hydrogen) atoms. The van der Waals surface area contributed by atoms with Crippen LogP contribution in [-0.2, 0) is 6.54 Å². The van der Waals surface area contributed by atoms with Gasteiger partial charge in [-0.3, -0.25) is 0 Å². The Bertz CT molecular complexity index is 587. The van der Waals surface area contributed by atoms with E-state index in [2.05, 4.69) is 34.3 Å². The summed E-state index contributed by atoms with van der Waals surface area (Å²) in [6, 6.07) is 6.17. The number of nitrogens with one attached hydrogen (secondary N) is 2. The van der Waals surface area contributed by atoms with Crippen molar-refractivity contribution in [3.05, 3.63) is 35.8 Å². The number of ether oxygens (including phenoxy) is 1. The van der Waals surface area contributed by atoms with Crippen LogP contribution in [0.4, 0.5) is 0 Å². The molecule has 1 fully saturated rings. The van der Waals surface area contributed by atoms with Gasteiger partial charge in [0, 0.05) is 5.56 Å². The molecular formula is C16H21N3O. The Morgan fingerprint density at radius 1 is 1.40 bits per heavy atom. The van der Waals surface area contributed by atoms with Crippen molar-refractivity contribution in [2.45, 2.75) is 26.3 Å². The molecule has 2 aromatic rings. The second kappa shape index (κ2) is 5.67. The molecule has 0 unspecified atom stereocenters. The normalized spacial score (nSPS) is 14.5. The molecule has 0 saturated heterocycles. The van der Waals surface area contributed by atoms with Gasteiger partial charge in [0.15, 0.2) is 0 Å². The van der Waals surface area contributed by atoms with Crippen molar-refractivity contribution in [1.29, 1.82) is 0 Å². The minimum atomic E-state index is 0.796. The summed E-state index contributed by atoms with van der Waals surface area (Å²) in [5.74, 6) is 2.74. The van der Waals surface area contributed by atoms with Crippen LogP contribution in [0.25, 0.3) is 11.3 Å². The topological polar surface area (TPSA) is 49.9 Å². The third kappa shape index (κ3) is 3.02. The Hall–Kier alpha value is -1.81. The number of benzene rings is 1. The van der Waals surface area contributed by atoms with Crippen molar-refractivity contribution in [2.24, 2.45) is 5.92 Å². The summed E-state index contributed by atoms with van der Waals surface area (Å²) in [6.07, 6.45) is 4.62. The molecule has 0 radical (unpaired) electrons. The molecule has 0 amide bonds. The molecule has 106 valence electrons. The van der Waals surface area contributed by atoms with Crippen LogP contribution < -0.4 is 10.1 Å². The maximum atomic E-state index is 5.42. The van der Waals surface area contributed by atoms with Crippen LogP contribution in [0.1, 0.15) is 24.2 Å². The molecule has 0 spiro atoms. The first kappa shape index (κ1) is 13.2. The number of aryl methyl sites for hydroxylation is 1. The third-order valence-electron chi connectivity index (χ3n) is 3.70. The van der Waals surface area contributed by atoms with Gasteiger partial charge in [-0.1, -0.05) is 11.6 Å². The minimum absolute atomic E-state index is 0.796. The lowest BCUT2D eigenvalue weighted by molar-refractivity contribution is 0.416. The van der Waals surface area contributed by atoms with E-state index in [9.17, 15) is 0 Å². The second-order valence-corrected chi connectivity index (χ2v) is 5.52. The second-order valence-electron chi connectivity index (χ2n) is 5.52. The summed E-state index contributed by atoms with van der Waals surface area (Å²) in [5.41, 5.74) is 3.28. The Morgan fingerprint density at radius 2 is 2.25 bits per heavy atom. The minimum Gasteiger partial charge on any atom is -0.496 e. The van der Waals surface area contributed by atoms with E-state index in [0.717, 1.165) is 41.8 Å². The van der Waals surface area contributed by atoms with Crippen molar-refractivity contribution >= 4 is 0 Å². The van der Waals surface area contributed by atoms with Crippen LogP contribution in [0, 0.1) is 12.8 Å². The molecule has 4 heteroatoms. The lowest BCUT2D eigenvalue weighted by Gasteiger charge is -2.07. The number of hydrogen-bond acceptors (Lipinski definition) is 3. The molecule has 3 rings (SSSR count). The number of rotatable bonds is 6. The number of H-pyrrole nitrogens is 1. The highest BCUT2D eigenvalue weighted by Crippen LogP contribution is 2.30. The number of hydrogen-bond donors (Lipinski definition) is 2. The van der Waals surface area contributed by atoms with Crippen molar-refractivity contribution in [1.82, 2.24) is 15.3 Å². The fourth-order valence-electron chi connectivity index (χ4n) is 2.34. The van der Waals surface area contributed by atoms with E-state index in [4.69, 9.17) is 4.74 Å². The summed E-state index contributed by atoms with van der Waals surface area (Å²) in [7, 11) is 1.70. The van der Waals surface area contributed by atoms with Crippen LogP contribution in [0.3, 0.4) is 0 Å². The summed E-state index contributed by atoms with van der Waals surface area (Å²) in [6.45, 7) is 3.98. The summed E-state index contributed by atoms with van der Waals surface area (Å²) >= 11 is 0. The quantitative estimate of drug-likeness (QED) is 0.849. The first-order chi connectivity index (χ1) is 9.76. The maximum Gasteiger partial charge on any atom is 0.128 e. The molecule has 1 aliphatic carbocycles. The highest BCUT2D eigenvalue weighted by Gasteiger charge is 2.20. The van der Waals surface area contributed by atoms with Gasteiger partial charge >= 0.3 is 0 Å². The molecule has 0 atom stereocenters. The van der Waals surface area contributed by atoms with Crippen LogP contribution in [0.15, 0.2) is 24.4 Å². The molecule has 1 aromatic carbocycles. The van der Waals surface area contributed by atoms with Gasteiger partial charge in [-0.25, -0.2) is 4.98 Å². The number of methoxy groups -OCH3 is 1. The van der Waals surface area contributed by atoms with Gasteiger partial charge in [0.25, 0.3) is 0 Å². The Balaban J connectivity index is 1.73. The van der Waals surface area contributed by atoms with E-state index in [1.54, 1.807) is 7.11 Å². The summed E-state index contributed by atoms with van der Waals surface area (Å²) in [5, 5.41) is 3.44. The van der Waals surface area contributed by atoms with E-state index >= 15 is 0 Å². The first-order valence-corrected chi connectivity index (χ1v) is 7.16. The average Bonchev–Trinajstić information content (AvgIpc) is 3.15. The van der Waals surface area contributed by atoms with Gasteiger partial charge < -0.3 is 15.0 Å².